The summed E-state index contributed by atoms with van der Waals surface area (Å²) < 4.78 is 23.9. The number of alkyl halides is 2. The van der Waals surface area contributed by atoms with Gasteiger partial charge in [-0.1, -0.05) is 6.92 Å². The van der Waals surface area contributed by atoms with Crippen LogP contribution in [0.1, 0.15) is 13.3 Å². The van der Waals surface area contributed by atoms with E-state index in [4.69, 9.17) is 0 Å². The predicted octanol–water partition coefficient (Wildman–Crippen LogP) is 0.481. The number of hydrogen-bond donors (Lipinski definition) is 1. The number of aliphatic hydroxyl groups is 1. The summed E-state index contributed by atoms with van der Waals surface area (Å²) in [5, 5.41) is 9.34. The molecule has 1 saturated heterocycles. The third kappa shape index (κ3) is 2.37. The summed E-state index contributed by atoms with van der Waals surface area (Å²) in [6.07, 6.45) is -3.04. The number of amides is 1. The van der Waals surface area contributed by atoms with Crippen LogP contribution in [0.4, 0.5) is 8.78 Å². The summed E-state index contributed by atoms with van der Waals surface area (Å²) >= 11 is 0. The van der Waals surface area contributed by atoms with Gasteiger partial charge in [-0.05, 0) is 12.3 Å². The Balaban J connectivity index is 2.50. The van der Waals surface area contributed by atoms with E-state index < -0.39 is 18.4 Å². The van der Waals surface area contributed by atoms with Gasteiger partial charge in [0.05, 0.1) is 6.10 Å². The van der Waals surface area contributed by atoms with Crippen LogP contribution in [0, 0.1) is 5.92 Å². The van der Waals surface area contributed by atoms with Crippen molar-refractivity contribution in [2.45, 2.75) is 25.9 Å². The molecule has 1 aliphatic rings. The molecular weight excluding hydrogens is 180 g/mol. The third-order valence-corrected chi connectivity index (χ3v) is 2.42. The normalized spacial score (nSPS) is 29.5. The highest BCUT2D eigenvalue weighted by molar-refractivity contribution is 5.79. The Labute approximate surface area is 75.3 Å². The van der Waals surface area contributed by atoms with Gasteiger partial charge < -0.3 is 10.0 Å². The average molecular weight is 193 g/mol. The van der Waals surface area contributed by atoms with E-state index in [0.29, 0.717) is 13.0 Å². The number of carbonyl (C=O) groups excluding carboxylic acids is 1. The van der Waals surface area contributed by atoms with E-state index in [1.807, 2.05) is 6.92 Å². The highest BCUT2D eigenvalue weighted by atomic mass is 19.3. The number of aliphatic hydroxyl groups excluding tert-OH is 1. The summed E-state index contributed by atoms with van der Waals surface area (Å²) in [7, 11) is 0. The molecule has 0 saturated carbocycles. The Morgan fingerprint density at radius 1 is 1.62 bits per heavy atom. The number of piperidine rings is 1. The van der Waals surface area contributed by atoms with Gasteiger partial charge in [-0.2, -0.15) is 8.78 Å². The van der Waals surface area contributed by atoms with Crippen molar-refractivity contribution in [1.82, 2.24) is 4.90 Å². The van der Waals surface area contributed by atoms with E-state index >= 15 is 0 Å². The molecule has 0 bridgehead atoms. The summed E-state index contributed by atoms with van der Waals surface area (Å²) in [6, 6.07) is 0. The molecule has 1 N–H and O–H groups in total. The summed E-state index contributed by atoms with van der Waals surface area (Å²) in [5.74, 6) is -1.09. The molecule has 0 aliphatic carbocycles. The minimum absolute atomic E-state index is 0.0321. The number of carbonyl (C=O) groups is 1. The molecule has 0 aromatic rings. The Kier molecular flexibility index (Phi) is 3.19. The fourth-order valence-corrected chi connectivity index (χ4v) is 1.39. The number of likely N-dealkylation sites (tertiary alicyclic amines) is 1. The van der Waals surface area contributed by atoms with Gasteiger partial charge in [0.1, 0.15) is 0 Å². The molecule has 0 spiro atoms. The van der Waals surface area contributed by atoms with Gasteiger partial charge in [0.25, 0.3) is 5.91 Å². The van der Waals surface area contributed by atoms with Gasteiger partial charge >= 0.3 is 6.43 Å². The number of rotatable bonds is 1. The van der Waals surface area contributed by atoms with Gasteiger partial charge in [0.15, 0.2) is 0 Å². The molecule has 5 heteroatoms. The van der Waals surface area contributed by atoms with Crippen LogP contribution in [0.25, 0.3) is 0 Å². The molecule has 2 unspecified atom stereocenters. The van der Waals surface area contributed by atoms with Gasteiger partial charge in [-0.25, -0.2) is 0 Å². The first-order valence-corrected chi connectivity index (χ1v) is 4.27. The maximum absolute atomic E-state index is 12.0. The fourth-order valence-electron chi connectivity index (χ4n) is 1.39. The lowest BCUT2D eigenvalue weighted by Crippen LogP contribution is -2.47. The lowest BCUT2D eigenvalue weighted by Gasteiger charge is -2.33. The second-order valence-corrected chi connectivity index (χ2v) is 3.42. The highest BCUT2D eigenvalue weighted by Gasteiger charge is 2.30. The predicted molar refractivity (Wildman–Crippen MR) is 42.4 cm³/mol. The van der Waals surface area contributed by atoms with Crippen molar-refractivity contribution in [3.8, 4) is 0 Å². The lowest BCUT2D eigenvalue weighted by molar-refractivity contribution is -0.147. The molecule has 0 aromatic carbocycles. The minimum atomic E-state index is -2.96. The third-order valence-electron chi connectivity index (χ3n) is 2.42. The van der Waals surface area contributed by atoms with E-state index in [0.717, 1.165) is 4.90 Å². The Bertz CT molecular complexity index is 199. The molecule has 1 fully saturated rings. The van der Waals surface area contributed by atoms with Crippen LogP contribution in [0.15, 0.2) is 0 Å². The van der Waals surface area contributed by atoms with Crippen LogP contribution in [0.2, 0.25) is 0 Å². The standard InChI is InChI=1S/C8H13F2NO2/c1-5-2-3-11(4-6(5)12)8(13)7(9)10/h5-7,12H,2-4H2,1H3. The second kappa shape index (κ2) is 4.00. The molecule has 1 amide bonds. The SMILES string of the molecule is CC1CCN(C(=O)C(F)F)CC1O. The zero-order valence-corrected chi connectivity index (χ0v) is 7.41. The average Bonchev–Trinajstić information content (AvgIpc) is 2.08. The van der Waals surface area contributed by atoms with E-state index in [2.05, 4.69) is 0 Å². The molecule has 1 aliphatic heterocycles. The quantitative estimate of drug-likeness (QED) is 0.658. The van der Waals surface area contributed by atoms with Gasteiger partial charge in [0.2, 0.25) is 0 Å². The topological polar surface area (TPSA) is 40.5 Å². The van der Waals surface area contributed by atoms with Crippen molar-refractivity contribution in [2.75, 3.05) is 13.1 Å². The molecule has 13 heavy (non-hydrogen) atoms. The monoisotopic (exact) mass is 193 g/mol. The maximum atomic E-state index is 12.0. The molecule has 1 rings (SSSR count). The van der Waals surface area contributed by atoms with Crippen LogP contribution < -0.4 is 0 Å². The Hall–Kier alpha value is -0.710. The second-order valence-electron chi connectivity index (χ2n) is 3.42. The maximum Gasteiger partial charge on any atom is 0.315 e. The van der Waals surface area contributed by atoms with E-state index in [1.54, 1.807) is 0 Å². The van der Waals surface area contributed by atoms with Crippen molar-refractivity contribution in [3.05, 3.63) is 0 Å². The summed E-state index contributed by atoms with van der Waals surface area (Å²) in [5.41, 5.74) is 0. The molecule has 3 nitrogen and oxygen atoms in total. The van der Waals surface area contributed by atoms with Crippen molar-refractivity contribution >= 4 is 5.91 Å². The van der Waals surface area contributed by atoms with Crippen LogP contribution in [0.5, 0.6) is 0 Å². The number of halogens is 2. The van der Waals surface area contributed by atoms with Crippen LogP contribution >= 0.6 is 0 Å². The first-order valence-electron chi connectivity index (χ1n) is 4.27. The van der Waals surface area contributed by atoms with Crippen LogP contribution in [-0.4, -0.2) is 41.5 Å². The Morgan fingerprint density at radius 2 is 2.23 bits per heavy atom. The zero-order valence-electron chi connectivity index (χ0n) is 7.41. The lowest BCUT2D eigenvalue weighted by atomic mass is 9.96. The summed E-state index contributed by atoms with van der Waals surface area (Å²) in [4.78, 5) is 11.8. The van der Waals surface area contributed by atoms with Crippen molar-refractivity contribution in [1.29, 1.82) is 0 Å². The van der Waals surface area contributed by atoms with Crippen LogP contribution in [0.3, 0.4) is 0 Å². The van der Waals surface area contributed by atoms with Gasteiger partial charge in [0, 0.05) is 13.1 Å². The molecular formula is C8H13F2NO2. The smallest absolute Gasteiger partial charge is 0.315 e. The first kappa shape index (κ1) is 10.4. The molecule has 2 atom stereocenters. The number of nitrogens with zero attached hydrogens (tertiary/aromatic N) is 1. The fraction of sp³-hybridized carbons (Fsp3) is 0.875. The number of hydrogen-bond acceptors (Lipinski definition) is 2. The highest BCUT2D eigenvalue weighted by Crippen LogP contribution is 2.18. The zero-order chi connectivity index (χ0) is 10.0. The number of β-amino-alcohol motifs (C(OH)–C–C–N with tert-alkyl or cyclic N) is 1. The largest absolute Gasteiger partial charge is 0.391 e. The summed E-state index contributed by atoms with van der Waals surface area (Å²) in [6.45, 7) is 2.20. The van der Waals surface area contributed by atoms with E-state index in [-0.39, 0.29) is 12.5 Å². The minimum Gasteiger partial charge on any atom is -0.391 e. The van der Waals surface area contributed by atoms with E-state index in [1.165, 1.54) is 0 Å². The molecule has 0 aromatic heterocycles. The molecule has 1 heterocycles. The van der Waals surface area contributed by atoms with Crippen molar-refractivity contribution in [3.63, 3.8) is 0 Å². The van der Waals surface area contributed by atoms with Gasteiger partial charge in [-0.15, -0.1) is 0 Å². The molecule has 76 valence electrons. The van der Waals surface area contributed by atoms with Crippen molar-refractivity contribution in [2.24, 2.45) is 5.92 Å². The van der Waals surface area contributed by atoms with E-state index in [9.17, 15) is 18.7 Å². The molecule has 0 radical (unpaired) electrons. The first-order chi connectivity index (χ1) is 6.02. The van der Waals surface area contributed by atoms with Gasteiger partial charge in [-0.3, -0.25) is 4.79 Å². The van der Waals surface area contributed by atoms with Crippen molar-refractivity contribution < 1.29 is 18.7 Å². The Morgan fingerprint density at radius 3 is 2.69 bits per heavy atom. The van der Waals surface area contributed by atoms with Crippen LogP contribution in [-0.2, 0) is 4.79 Å².